The molecule has 7 nitrogen and oxygen atoms in total. The Morgan fingerprint density at radius 1 is 0.917 bits per heavy atom. The first-order valence-corrected chi connectivity index (χ1v) is 4.38. The topological polar surface area (TPSA) is 136 Å². The first-order chi connectivity index (χ1) is 3.71. The molecule has 0 aromatic carbocycles. The largest absolute Gasteiger partial charge is 2.00 e. The first kappa shape index (κ1) is 23.6. The second-order valence-electron chi connectivity index (χ2n) is 0.976. The van der Waals surface area contributed by atoms with E-state index in [1.165, 1.54) is 0 Å². The summed E-state index contributed by atoms with van der Waals surface area (Å²) in [6.07, 6.45) is 0. The predicted molar refractivity (Wildman–Crippen MR) is 16.3 cm³/mol. The Hall–Kier alpha value is 1.88. The van der Waals surface area contributed by atoms with Gasteiger partial charge in [0.1, 0.15) is 0 Å². The van der Waals surface area contributed by atoms with Crippen molar-refractivity contribution in [3.63, 3.8) is 0 Å². The van der Waals surface area contributed by atoms with Crippen molar-refractivity contribution in [2.75, 3.05) is 0 Å². The quantitative estimate of drug-likeness (QED) is 0.372. The van der Waals surface area contributed by atoms with Gasteiger partial charge in [0, 0.05) is 0 Å². The maximum absolute atomic E-state index is 9.32. The molecular formula is CoNiO7P2Zn+2. The Morgan fingerprint density at radius 2 is 1.08 bits per heavy atom. The third kappa shape index (κ3) is 22.6. The molecule has 1 radical (unpaired) electrons. The van der Waals surface area contributed by atoms with Gasteiger partial charge in [-0.1, -0.05) is 0 Å². The van der Waals surface area contributed by atoms with E-state index >= 15 is 0 Å². The zero-order valence-corrected chi connectivity index (χ0v) is 11.9. The van der Waals surface area contributed by atoms with Crippen LogP contribution in [-0.4, -0.2) is 0 Å². The molecule has 12 heteroatoms. The molecule has 0 heterocycles. The zero-order valence-electron chi connectivity index (χ0n) is 5.11. The van der Waals surface area contributed by atoms with Gasteiger partial charge < -0.3 is 33.0 Å². The summed E-state index contributed by atoms with van der Waals surface area (Å²) in [5.74, 6) is 0. The molecule has 71 valence electrons. The average Bonchev–Trinajstić information content (AvgIpc) is 1.14. The van der Waals surface area contributed by atoms with Gasteiger partial charge in [-0.05, 0) is 0 Å². The molecule has 0 aliphatic rings. The summed E-state index contributed by atoms with van der Waals surface area (Å²) < 4.78 is 21.2. The molecule has 0 rings (SSSR count). The molecule has 0 N–H and O–H groups in total. The molecular weight excluding hydrogens is 357 g/mol. The van der Waals surface area contributed by atoms with Crippen LogP contribution >= 0.6 is 15.6 Å². The molecule has 0 saturated carbocycles. The molecule has 0 saturated heterocycles. The van der Waals surface area contributed by atoms with E-state index < -0.39 is 15.6 Å². The van der Waals surface area contributed by atoms with Crippen LogP contribution in [0.4, 0.5) is 0 Å². The van der Waals surface area contributed by atoms with Gasteiger partial charge in [0.05, 0.1) is 15.6 Å². The molecule has 0 aromatic rings. The van der Waals surface area contributed by atoms with Crippen LogP contribution in [0.2, 0.25) is 0 Å². The van der Waals surface area contributed by atoms with Crippen LogP contribution in [-0.2, 0) is 66.2 Å². The van der Waals surface area contributed by atoms with Crippen molar-refractivity contribution in [3.8, 4) is 0 Å². The molecule has 0 atom stereocenters. The standard InChI is InChI=1S/Co.Ni.H4O7P2.Zn/c;;1-8(2,3)7-9(4,5)6;/h;;(H2,1,2,3)(H2,4,5,6);/q2*+2;;+2/p-4. The van der Waals surface area contributed by atoms with Crippen LogP contribution in [0.15, 0.2) is 0 Å². The number of rotatable bonds is 2. The molecule has 0 aliphatic carbocycles. The molecule has 0 bridgehead atoms. The second kappa shape index (κ2) is 8.21. The third-order valence-corrected chi connectivity index (χ3v) is 1.80. The molecule has 12 heavy (non-hydrogen) atoms. The van der Waals surface area contributed by atoms with Crippen molar-refractivity contribution in [1.82, 2.24) is 0 Å². The van der Waals surface area contributed by atoms with E-state index in [4.69, 9.17) is 0 Å². The van der Waals surface area contributed by atoms with Crippen molar-refractivity contribution in [2.45, 2.75) is 0 Å². The van der Waals surface area contributed by atoms with E-state index in [0.717, 1.165) is 0 Å². The summed E-state index contributed by atoms with van der Waals surface area (Å²) in [6.45, 7) is 0. The van der Waals surface area contributed by atoms with Gasteiger partial charge in [0.15, 0.2) is 0 Å². The first-order valence-electron chi connectivity index (χ1n) is 1.46. The van der Waals surface area contributed by atoms with Crippen molar-refractivity contribution < 1.29 is 85.8 Å². The normalized spacial score (nSPS) is 10.3. The molecule has 0 spiro atoms. The molecule has 0 unspecified atom stereocenters. The monoisotopic (exact) mass is 355 g/mol. The van der Waals surface area contributed by atoms with Crippen molar-refractivity contribution in [1.29, 1.82) is 0 Å². The van der Waals surface area contributed by atoms with Crippen LogP contribution in [0, 0.1) is 0 Å². The van der Waals surface area contributed by atoms with Crippen LogP contribution in [0.5, 0.6) is 0 Å². The zero-order chi connectivity index (χ0) is 7.71. The summed E-state index contributed by atoms with van der Waals surface area (Å²) in [5.41, 5.74) is 0. The van der Waals surface area contributed by atoms with Gasteiger partial charge in [0.25, 0.3) is 0 Å². The fraction of sp³-hybridized carbons (Fsp3) is 0. The van der Waals surface area contributed by atoms with Crippen molar-refractivity contribution in [2.24, 2.45) is 0 Å². The maximum atomic E-state index is 9.32. The van der Waals surface area contributed by atoms with Crippen LogP contribution in [0.3, 0.4) is 0 Å². The van der Waals surface area contributed by atoms with Gasteiger partial charge in [-0.25, -0.2) is 0 Å². The van der Waals surface area contributed by atoms with E-state index in [9.17, 15) is 28.7 Å². The Labute approximate surface area is 101 Å². The molecule has 0 aliphatic heterocycles. The van der Waals surface area contributed by atoms with E-state index in [2.05, 4.69) is 4.31 Å². The Bertz CT molecular complexity index is 162. The minimum absolute atomic E-state index is 0. The van der Waals surface area contributed by atoms with Crippen LogP contribution < -0.4 is 19.6 Å². The summed E-state index contributed by atoms with van der Waals surface area (Å²) in [6, 6.07) is 0. The smallest absolute Gasteiger partial charge is 0.790 e. The van der Waals surface area contributed by atoms with E-state index in [1.54, 1.807) is 0 Å². The number of hydrogen-bond acceptors (Lipinski definition) is 7. The minimum atomic E-state index is -5.68. The number of hydrogen-bond donors (Lipinski definition) is 0. The molecule has 0 aromatic heterocycles. The SMILES string of the molecule is O=P([O-])([O-])OP(=O)([O-])[O-].[Co+2].[Ni+2].[Zn+2]. The second-order valence-corrected chi connectivity index (χ2v) is 3.42. The summed E-state index contributed by atoms with van der Waals surface area (Å²) in [5, 5.41) is 0. The van der Waals surface area contributed by atoms with Crippen LogP contribution in [0.1, 0.15) is 0 Å². The van der Waals surface area contributed by atoms with Gasteiger partial charge in [-0.3, -0.25) is 0 Å². The third-order valence-electron chi connectivity index (χ3n) is 0.200. The van der Waals surface area contributed by atoms with E-state index in [-0.39, 0.29) is 52.7 Å². The van der Waals surface area contributed by atoms with Gasteiger partial charge in [-0.15, -0.1) is 0 Å². The van der Waals surface area contributed by atoms with Crippen molar-refractivity contribution >= 4 is 15.6 Å². The average molecular weight is 357 g/mol. The summed E-state index contributed by atoms with van der Waals surface area (Å²) in [4.78, 5) is 37.3. The molecule has 0 amide bonds. The van der Waals surface area contributed by atoms with Gasteiger partial charge in [-0.2, -0.15) is 0 Å². The predicted octanol–water partition coefficient (Wildman–Crippen LogP) is -3.35. The van der Waals surface area contributed by atoms with E-state index in [0.29, 0.717) is 0 Å². The Morgan fingerprint density at radius 3 is 1.08 bits per heavy atom. The molecule has 0 fully saturated rings. The maximum Gasteiger partial charge on any atom is 2.00 e. The van der Waals surface area contributed by atoms with Crippen molar-refractivity contribution in [3.05, 3.63) is 0 Å². The summed E-state index contributed by atoms with van der Waals surface area (Å²) in [7, 11) is -11.4. The minimum Gasteiger partial charge on any atom is -0.790 e. The van der Waals surface area contributed by atoms with Gasteiger partial charge >= 0.3 is 52.7 Å². The Kier molecular flexibility index (Phi) is 16.1. The summed E-state index contributed by atoms with van der Waals surface area (Å²) >= 11 is 0. The fourth-order valence-corrected chi connectivity index (χ4v) is 1.10. The Balaban J connectivity index is -0.000000107. The van der Waals surface area contributed by atoms with Crippen LogP contribution in [0.25, 0.3) is 0 Å². The fourth-order valence-electron chi connectivity index (χ4n) is 0.122. The van der Waals surface area contributed by atoms with Gasteiger partial charge in [0.2, 0.25) is 0 Å². The van der Waals surface area contributed by atoms with E-state index in [1.807, 2.05) is 0 Å². The number of phosphoric acid groups is 2.